The van der Waals surface area contributed by atoms with Crippen molar-refractivity contribution in [3.05, 3.63) is 101 Å². The second-order valence-corrected chi connectivity index (χ2v) is 9.25. The summed E-state index contributed by atoms with van der Waals surface area (Å²) in [6, 6.07) is 15.1. The number of unbranched alkanes of at least 4 members (excludes halogenated alkanes) is 2. The van der Waals surface area contributed by atoms with E-state index in [2.05, 4.69) is 21.6 Å². The Morgan fingerprint density at radius 1 is 0.730 bits per heavy atom. The van der Waals surface area contributed by atoms with Gasteiger partial charge in [0.05, 0.1) is 0 Å². The minimum atomic E-state index is -4.72. The molecule has 194 valence electrons. The maximum absolute atomic E-state index is 15.2. The minimum absolute atomic E-state index is 0.261. The molecule has 0 N–H and O–H groups in total. The summed E-state index contributed by atoms with van der Waals surface area (Å²) >= 11 is 0. The molecule has 0 radical (unpaired) electrons. The van der Waals surface area contributed by atoms with Crippen LogP contribution in [0.5, 0.6) is 5.75 Å². The van der Waals surface area contributed by atoms with E-state index in [1.54, 1.807) is 18.2 Å². The van der Waals surface area contributed by atoms with Crippen LogP contribution in [0.1, 0.15) is 54.3 Å². The second kappa shape index (κ2) is 12.2. The molecule has 3 aromatic carbocycles. The summed E-state index contributed by atoms with van der Waals surface area (Å²) in [5.41, 5.74) is 3.64. The van der Waals surface area contributed by atoms with Gasteiger partial charge >= 0.3 is 6.36 Å². The van der Waals surface area contributed by atoms with Gasteiger partial charge in [-0.25, -0.2) is 14.4 Å². The summed E-state index contributed by atoms with van der Waals surface area (Å²) in [5.74, 6) is 0.275. The van der Waals surface area contributed by atoms with Crippen molar-refractivity contribution in [2.24, 2.45) is 0 Å². The molecular weight excluding hydrogens is 480 g/mol. The summed E-state index contributed by atoms with van der Waals surface area (Å²) in [4.78, 5) is 9.00. The van der Waals surface area contributed by atoms with Crippen LogP contribution >= 0.6 is 0 Å². The van der Waals surface area contributed by atoms with E-state index in [9.17, 15) is 13.2 Å². The SMILES string of the molecule is CCCCCc1cnc(CCc2ccc3c(F)c(CCc4ccc(OC(F)(F)F)cc4)ccc3c2)nc1. The van der Waals surface area contributed by atoms with Gasteiger partial charge in [-0.15, -0.1) is 13.2 Å². The van der Waals surface area contributed by atoms with E-state index >= 15 is 4.39 Å². The highest BCUT2D eigenvalue weighted by Gasteiger charge is 2.30. The highest BCUT2D eigenvalue weighted by molar-refractivity contribution is 5.84. The van der Waals surface area contributed by atoms with Crippen molar-refractivity contribution >= 4 is 10.8 Å². The average Bonchev–Trinajstić information content (AvgIpc) is 2.88. The maximum Gasteiger partial charge on any atom is 0.573 e. The van der Waals surface area contributed by atoms with Crippen LogP contribution < -0.4 is 4.74 Å². The quantitative estimate of drug-likeness (QED) is 0.152. The Kier molecular flexibility index (Phi) is 8.74. The molecule has 0 spiro atoms. The van der Waals surface area contributed by atoms with Crippen LogP contribution in [0.2, 0.25) is 0 Å². The van der Waals surface area contributed by atoms with Crippen molar-refractivity contribution in [1.82, 2.24) is 9.97 Å². The van der Waals surface area contributed by atoms with Crippen LogP contribution in [-0.4, -0.2) is 16.3 Å². The first-order valence-electron chi connectivity index (χ1n) is 12.7. The summed E-state index contributed by atoms with van der Waals surface area (Å²) < 4.78 is 56.0. The maximum atomic E-state index is 15.2. The summed E-state index contributed by atoms with van der Waals surface area (Å²) in [7, 11) is 0. The van der Waals surface area contributed by atoms with Crippen molar-refractivity contribution < 1.29 is 22.3 Å². The molecule has 0 bridgehead atoms. The Morgan fingerprint density at radius 2 is 1.43 bits per heavy atom. The zero-order valence-corrected chi connectivity index (χ0v) is 20.8. The van der Waals surface area contributed by atoms with Crippen LogP contribution in [0, 0.1) is 5.82 Å². The van der Waals surface area contributed by atoms with Gasteiger partial charge in [-0.2, -0.15) is 0 Å². The Labute approximate surface area is 214 Å². The lowest BCUT2D eigenvalue weighted by Crippen LogP contribution is -2.17. The van der Waals surface area contributed by atoms with Crippen LogP contribution in [0.3, 0.4) is 0 Å². The van der Waals surface area contributed by atoms with Crippen LogP contribution in [-0.2, 0) is 32.1 Å². The molecule has 0 fully saturated rings. The van der Waals surface area contributed by atoms with Crippen molar-refractivity contribution in [3.8, 4) is 5.75 Å². The normalized spacial score (nSPS) is 11.7. The number of fused-ring (bicyclic) bond motifs is 1. The molecule has 0 aliphatic carbocycles. The molecule has 0 saturated carbocycles. The van der Waals surface area contributed by atoms with E-state index in [1.807, 2.05) is 36.7 Å². The number of hydrogen-bond donors (Lipinski definition) is 0. The van der Waals surface area contributed by atoms with Crippen LogP contribution in [0.15, 0.2) is 67.0 Å². The third-order valence-electron chi connectivity index (χ3n) is 6.40. The van der Waals surface area contributed by atoms with Crippen molar-refractivity contribution in [2.45, 2.75) is 64.7 Å². The fourth-order valence-electron chi connectivity index (χ4n) is 4.35. The Morgan fingerprint density at radius 3 is 2.14 bits per heavy atom. The molecule has 0 unspecified atom stereocenters. The predicted octanol–water partition coefficient (Wildman–Crippen LogP) is 7.97. The molecular formula is C30H30F4N2O. The molecule has 0 atom stereocenters. The van der Waals surface area contributed by atoms with E-state index in [1.165, 1.54) is 30.5 Å². The van der Waals surface area contributed by atoms with Gasteiger partial charge < -0.3 is 4.74 Å². The molecule has 37 heavy (non-hydrogen) atoms. The zero-order valence-electron chi connectivity index (χ0n) is 20.8. The molecule has 0 saturated heterocycles. The van der Waals surface area contributed by atoms with E-state index in [4.69, 9.17) is 0 Å². The molecule has 0 aliphatic rings. The largest absolute Gasteiger partial charge is 0.573 e. The number of alkyl halides is 3. The monoisotopic (exact) mass is 510 g/mol. The predicted molar refractivity (Wildman–Crippen MR) is 137 cm³/mol. The lowest BCUT2D eigenvalue weighted by atomic mass is 9.98. The Hall–Kier alpha value is -3.48. The van der Waals surface area contributed by atoms with Crippen LogP contribution in [0.4, 0.5) is 17.6 Å². The van der Waals surface area contributed by atoms with Gasteiger partial charge in [0.1, 0.15) is 17.4 Å². The molecule has 4 rings (SSSR count). The number of benzene rings is 3. The van der Waals surface area contributed by atoms with Crippen molar-refractivity contribution in [2.75, 3.05) is 0 Å². The number of halogens is 4. The standard InChI is InChI=1S/C30H30F4N2O/c1-2-3-4-5-23-19-35-28(36-20-23)17-10-22-9-16-27-25(18-22)13-12-24(29(27)31)11-6-21-7-14-26(15-8-21)37-30(32,33)34/h7-9,12-16,18-20H,2-6,10-11,17H2,1H3. The first-order chi connectivity index (χ1) is 17.8. The van der Waals surface area contributed by atoms with Gasteiger partial charge in [-0.05, 0) is 71.9 Å². The highest BCUT2D eigenvalue weighted by Crippen LogP contribution is 2.26. The Balaban J connectivity index is 1.35. The third kappa shape index (κ3) is 7.75. The number of nitrogens with zero attached hydrogens (tertiary/aromatic N) is 2. The third-order valence-corrected chi connectivity index (χ3v) is 6.40. The van der Waals surface area contributed by atoms with E-state index in [-0.39, 0.29) is 11.6 Å². The van der Waals surface area contributed by atoms with E-state index in [0.29, 0.717) is 30.2 Å². The van der Waals surface area contributed by atoms with Crippen molar-refractivity contribution in [1.29, 1.82) is 0 Å². The smallest absolute Gasteiger partial charge is 0.406 e. The lowest BCUT2D eigenvalue weighted by molar-refractivity contribution is -0.274. The molecule has 3 nitrogen and oxygen atoms in total. The summed E-state index contributed by atoms with van der Waals surface area (Å²) in [6.45, 7) is 2.19. The van der Waals surface area contributed by atoms with Gasteiger partial charge in [-0.3, -0.25) is 0 Å². The number of ether oxygens (including phenoxy) is 1. The molecule has 7 heteroatoms. The summed E-state index contributed by atoms with van der Waals surface area (Å²) in [5, 5.41) is 1.39. The number of aryl methyl sites for hydroxylation is 5. The molecule has 4 aromatic rings. The highest BCUT2D eigenvalue weighted by atomic mass is 19.4. The van der Waals surface area contributed by atoms with E-state index in [0.717, 1.165) is 41.6 Å². The fourth-order valence-corrected chi connectivity index (χ4v) is 4.35. The van der Waals surface area contributed by atoms with Gasteiger partial charge in [0.25, 0.3) is 0 Å². The number of hydrogen-bond acceptors (Lipinski definition) is 3. The van der Waals surface area contributed by atoms with Gasteiger partial charge in [0, 0.05) is 24.2 Å². The molecule has 0 aliphatic heterocycles. The Bertz CT molecular complexity index is 1300. The zero-order chi connectivity index (χ0) is 26.3. The lowest BCUT2D eigenvalue weighted by Gasteiger charge is -2.10. The fraction of sp³-hybridized carbons (Fsp3) is 0.333. The van der Waals surface area contributed by atoms with Crippen LogP contribution in [0.25, 0.3) is 10.8 Å². The first kappa shape index (κ1) is 26.6. The number of aromatic nitrogens is 2. The van der Waals surface area contributed by atoms with Gasteiger partial charge in [0.15, 0.2) is 0 Å². The number of rotatable bonds is 11. The average molecular weight is 511 g/mol. The van der Waals surface area contributed by atoms with E-state index < -0.39 is 6.36 Å². The molecule has 0 amide bonds. The second-order valence-electron chi connectivity index (χ2n) is 9.25. The summed E-state index contributed by atoms with van der Waals surface area (Å²) in [6.07, 6.45) is 6.11. The molecule has 1 heterocycles. The first-order valence-corrected chi connectivity index (χ1v) is 12.7. The van der Waals surface area contributed by atoms with Crippen molar-refractivity contribution in [3.63, 3.8) is 0 Å². The van der Waals surface area contributed by atoms with Gasteiger partial charge in [-0.1, -0.05) is 62.2 Å². The molecule has 1 aromatic heterocycles. The van der Waals surface area contributed by atoms with Gasteiger partial charge in [0.2, 0.25) is 0 Å². The topological polar surface area (TPSA) is 35.0 Å². The minimum Gasteiger partial charge on any atom is -0.406 e.